The van der Waals surface area contributed by atoms with Crippen LogP contribution in [0.5, 0.6) is 0 Å². The maximum absolute atomic E-state index is 3.74. The topological polar surface area (TPSA) is 12.0 Å². The van der Waals surface area contributed by atoms with Crippen LogP contribution in [0, 0.1) is 17.8 Å². The van der Waals surface area contributed by atoms with Gasteiger partial charge in [0.15, 0.2) is 0 Å². The first kappa shape index (κ1) is 12.0. The van der Waals surface area contributed by atoms with Crippen molar-refractivity contribution < 1.29 is 0 Å². The van der Waals surface area contributed by atoms with Crippen molar-refractivity contribution in [3.63, 3.8) is 0 Å². The predicted molar refractivity (Wildman–Crippen MR) is 63.4 cm³/mol. The Morgan fingerprint density at radius 2 is 1.71 bits per heavy atom. The summed E-state index contributed by atoms with van der Waals surface area (Å²) in [5, 5.41) is 3.74. The van der Waals surface area contributed by atoms with Crippen molar-refractivity contribution >= 4 is 0 Å². The maximum atomic E-state index is 3.74. The summed E-state index contributed by atoms with van der Waals surface area (Å²) < 4.78 is 0. The molecule has 0 aliphatic heterocycles. The van der Waals surface area contributed by atoms with Crippen molar-refractivity contribution in [1.82, 2.24) is 5.32 Å². The SMILES string of the molecule is CC1CCC(C(C)C)C(NC(C)C)C1. The Balaban J connectivity index is 2.54. The average Bonchev–Trinajstić information content (AvgIpc) is 2.01. The van der Waals surface area contributed by atoms with E-state index in [9.17, 15) is 0 Å². The highest BCUT2D eigenvalue weighted by Gasteiger charge is 2.30. The average molecular weight is 197 g/mol. The molecule has 0 saturated heterocycles. The fraction of sp³-hybridized carbons (Fsp3) is 1.00. The largest absolute Gasteiger partial charge is 0.311 e. The van der Waals surface area contributed by atoms with Gasteiger partial charge in [0.1, 0.15) is 0 Å². The summed E-state index contributed by atoms with van der Waals surface area (Å²) in [7, 11) is 0. The molecule has 0 bridgehead atoms. The van der Waals surface area contributed by atoms with E-state index < -0.39 is 0 Å². The van der Waals surface area contributed by atoms with Crippen molar-refractivity contribution in [2.45, 2.75) is 66.0 Å². The summed E-state index contributed by atoms with van der Waals surface area (Å²) in [5.74, 6) is 2.65. The normalized spacial score (nSPS) is 34.1. The number of hydrogen-bond donors (Lipinski definition) is 1. The van der Waals surface area contributed by atoms with Crippen LogP contribution in [0.15, 0.2) is 0 Å². The standard InChI is InChI=1S/C13H27N/c1-9(2)12-7-6-11(5)8-13(12)14-10(3)4/h9-14H,6-8H2,1-5H3. The second kappa shape index (κ2) is 5.16. The summed E-state index contributed by atoms with van der Waals surface area (Å²) >= 11 is 0. The first-order chi connectivity index (χ1) is 6.50. The molecule has 1 aliphatic carbocycles. The molecular weight excluding hydrogens is 170 g/mol. The van der Waals surface area contributed by atoms with Crippen LogP contribution in [0.3, 0.4) is 0 Å². The van der Waals surface area contributed by atoms with Crippen molar-refractivity contribution in [3.8, 4) is 0 Å². The van der Waals surface area contributed by atoms with Gasteiger partial charge in [0.2, 0.25) is 0 Å². The number of rotatable bonds is 3. The van der Waals surface area contributed by atoms with Gasteiger partial charge >= 0.3 is 0 Å². The molecule has 3 atom stereocenters. The zero-order chi connectivity index (χ0) is 10.7. The molecule has 1 heteroatoms. The lowest BCUT2D eigenvalue weighted by Gasteiger charge is -2.39. The van der Waals surface area contributed by atoms with E-state index >= 15 is 0 Å². The Kier molecular flexibility index (Phi) is 4.43. The molecule has 0 spiro atoms. The second-order valence-electron chi connectivity index (χ2n) is 5.75. The van der Waals surface area contributed by atoms with E-state index in [4.69, 9.17) is 0 Å². The van der Waals surface area contributed by atoms with Crippen LogP contribution in [-0.2, 0) is 0 Å². The monoisotopic (exact) mass is 197 g/mol. The summed E-state index contributed by atoms with van der Waals surface area (Å²) in [4.78, 5) is 0. The fourth-order valence-electron chi connectivity index (χ4n) is 2.82. The minimum absolute atomic E-state index is 0.631. The Hall–Kier alpha value is -0.0400. The van der Waals surface area contributed by atoms with Crippen molar-refractivity contribution in [3.05, 3.63) is 0 Å². The van der Waals surface area contributed by atoms with Crippen LogP contribution in [0.2, 0.25) is 0 Å². The summed E-state index contributed by atoms with van der Waals surface area (Å²) in [6.07, 6.45) is 4.23. The van der Waals surface area contributed by atoms with Crippen LogP contribution in [0.1, 0.15) is 53.9 Å². The third-order valence-corrected chi connectivity index (χ3v) is 3.57. The van der Waals surface area contributed by atoms with Crippen LogP contribution in [0.4, 0.5) is 0 Å². The van der Waals surface area contributed by atoms with Crippen LogP contribution in [0.25, 0.3) is 0 Å². The van der Waals surface area contributed by atoms with Crippen LogP contribution < -0.4 is 5.32 Å². The lowest BCUT2D eigenvalue weighted by atomic mass is 9.74. The van der Waals surface area contributed by atoms with Gasteiger partial charge in [-0.1, -0.05) is 41.0 Å². The Morgan fingerprint density at radius 3 is 2.21 bits per heavy atom. The first-order valence-corrected chi connectivity index (χ1v) is 6.26. The van der Waals surface area contributed by atoms with Gasteiger partial charge in [0.25, 0.3) is 0 Å². The molecule has 1 aliphatic rings. The van der Waals surface area contributed by atoms with Crippen LogP contribution >= 0.6 is 0 Å². The molecule has 3 unspecified atom stereocenters. The van der Waals surface area contributed by atoms with E-state index in [2.05, 4.69) is 39.9 Å². The molecule has 0 amide bonds. The zero-order valence-electron chi connectivity index (χ0n) is 10.5. The van der Waals surface area contributed by atoms with Gasteiger partial charge in [0, 0.05) is 12.1 Å². The molecule has 0 heterocycles. The van der Waals surface area contributed by atoms with E-state index in [0.717, 1.165) is 23.8 Å². The molecule has 14 heavy (non-hydrogen) atoms. The molecule has 1 rings (SSSR count). The van der Waals surface area contributed by atoms with Gasteiger partial charge in [0.05, 0.1) is 0 Å². The molecule has 0 aromatic rings. The van der Waals surface area contributed by atoms with Gasteiger partial charge < -0.3 is 5.32 Å². The molecule has 0 aromatic carbocycles. The van der Waals surface area contributed by atoms with Gasteiger partial charge in [-0.15, -0.1) is 0 Å². The summed E-state index contributed by atoms with van der Waals surface area (Å²) in [5.41, 5.74) is 0. The quantitative estimate of drug-likeness (QED) is 0.731. The molecule has 0 aromatic heterocycles. The smallest absolute Gasteiger partial charge is 0.0103 e. The minimum Gasteiger partial charge on any atom is -0.311 e. The molecule has 1 N–H and O–H groups in total. The van der Waals surface area contributed by atoms with Crippen molar-refractivity contribution in [1.29, 1.82) is 0 Å². The second-order valence-corrected chi connectivity index (χ2v) is 5.75. The molecule has 1 fully saturated rings. The molecule has 1 nitrogen and oxygen atoms in total. The Bertz CT molecular complexity index is 161. The van der Waals surface area contributed by atoms with E-state index in [1.54, 1.807) is 0 Å². The van der Waals surface area contributed by atoms with Gasteiger partial charge in [-0.2, -0.15) is 0 Å². The summed E-state index contributed by atoms with van der Waals surface area (Å²) in [6, 6.07) is 1.39. The summed E-state index contributed by atoms with van der Waals surface area (Å²) in [6.45, 7) is 11.7. The zero-order valence-corrected chi connectivity index (χ0v) is 10.5. The molecule has 1 saturated carbocycles. The van der Waals surface area contributed by atoms with E-state index in [1.807, 2.05) is 0 Å². The predicted octanol–water partition coefficient (Wildman–Crippen LogP) is 3.45. The van der Waals surface area contributed by atoms with E-state index in [0.29, 0.717) is 6.04 Å². The highest BCUT2D eigenvalue weighted by atomic mass is 14.9. The number of nitrogens with one attached hydrogen (secondary N) is 1. The van der Waals surface area contributed by atoms with Gasteiger partial charge in [-0.3, -0.25) is 0 Å². The highest BCUT2D eigenvalue weighted by Crippen LogP contribution is 2.33. The number of hydrogen-bond acceptors (Lipinski definition) is 1. The van der Waals surface area contributed by atoms with Gasteiger partial charge in [-0.05, 0) is 30.6 Å². The Morgan fingerprint density at radius 1 is 1.07 bits per heavy atom. The van der Waals surface area contributed by atoms with Crippen molar-refractivity contribution in [2.75, 3.05) is 0 Å². The molecule has 84 valence electrons. The van der Waals surface area contributed by atoms with Crippen molar-refractivity contribution in [2.24, 2.45) is 17.8 Å². The lowest BCUT2D eigenvalue weighted by Crippen LogP contribution is -2.45. The van der Waals surface area contributed by atoms with Crippen LogP contribution in [-0.4, -0.2) is 12.1 Å². The molecule has 0 radical (unpaired) electrons. The maximum Gasteiger partial charge on any atom is 0.0103 e. The third kappa shape index (κ3) is 3.27. The molecular formula is C13H27N. The highest BCUT2D eigenvalue weighted by molar-refractivity contribution is 4.86. The first-order valence-electron chi connectivity index (χ1n) is 6.26. The Labute approximate surface area is 89.7 Å². The fourth-order valence-corrected chi connectivity index (χ4v) is 2.82. The van der Waals surface area contributed by atoms with E-state index in [1.165, 1.54) is 19.3 Å². The van der Waals surface area contributed by atoms with E-state index in [-0.39, 0.29) is 0 Å². The van der Waals surface area contributed by atoms with Gasteiger partial charge in [-0.25, -0.2) is 0 Å². The lowest BCUT2D eigenvalue weighted by molar-refractivity contribution is 0.163. The minimum atomic E-state index is 0.631. The third-order valence-electron chi connectivity index (χ3n) is 3.57.